The van der Waals surface area contributed by atoms with E-state index in [0.29, 0.717) is 0 Å². The molecule has 0 unspecified atom stereocenters. The Kier molecular flexibility index (Phi) is 2.93. The van der Waals surface area contributed by atoms with E-state index in [4.69, 9.17) is 0 Å². The van der Waals surface area contributed by atoms with Gasteiger partial charge in [-0.15, -0.1) is 0 Å². The molecule has 2 aromatic heterocycles. The SMILES string of the molecule is Cc1cc(N2CCc3c(c(C)nn3C)C2)c2ccccc2n1. The van der Waals surface area contributed by atoms with E-state index in [9.17, 15) is 0 Å². The maximum Gasteiger partial charge on any atom is 0.0726 e. The van der Waals surface area contributed by atoms with Crippen LogP contribution in [0.2, 0.25) is 0 Å². The van der Waals surface area contributed by atoms with E-state index in [2.05, 4.69) is 59.2 Å². The number of hydrogen-bond acceptors (Lipinski definition) is 3. The lowest BCUT2D eigenvalue weighted by Gasteiger charge is -2.30. The van der Waals surface area contributed by atoms with Crippen LogP contribution in [-0.2, 0) is 20.0 Å². The molecule has 0 spiro atoms. The van der Waals surface area contributed by atoms with Crippen molar-refractivity contribution in [2.24, 2.45) is 7.05 Å². The average molecular weight is 292 g/mol. The second-order valence-corrected chi connectivity index (χ2v) is 6.11. The predicted molar refractivity (Wildman–Crippen MR) is 89.2 cm³/mol. The molecule has 0 amide bonds. The van der Waals surface area contributed by atoms with Gasteiger partial charge >= 0.3 is 0 Å². The normalized spacial score (nSPS) is 14.4. The summed E-state index contributed by atoms with van der Waals surface area (Å²) in [6.07, 6.45) is 1.04. The topological polar surface area (TPSA) is 34.0 Å². The van der Waals surface area contributed by atoms with Crippen LogP contribution >= 0.6 is 0 Å². The molecule has 112 valence electrons. The van der Waals surface area contributed by atoms with Gasteiger partial charge in [-0.3, -0.25) is 9.67 Å². The Balaban J connectivity index is 1.82. The average Bonchev–Trinajstić information content (AvgIpc) is 2.80. The van der Waals surface area contributed by atoms with Crippen LogP contribution in [0.1, 0.15) is 22.6 Å². The Labute approximate surface area is 130 Å². The molecule has 4 rings (SSSR count). The highest BCUT2D eigenvalue weighted by molar-refractivity contribution is 5.92. The van der Waals surface area contributed by atoms with E-state index in [1.165, 1.54) is 22.3 Å². The van der Waals surface area contributed by atoms with Crippen molar-refractivity contribution in [2.45, 2.75) is 26.8 Å². The van der Waals surface area contributed by atoms with Gasteiger partial charge in [-0.1, -0.05) is 18.2 Å². The van der Waals surface area contributed by atoms with E-state index in [-0.39, 0.29) is 0 Å². The zero-order valence-corrected chi connectivity index (χ0v) is 13.3. The molecular weight excluding hydrogens is 272 g/mol. The summed E-state index contributed by atoms with van der Waals surface area (Å²) in [6, 6.07) is 10.6. The van der Waals surface area contributed by atoms with Crippen LogP contribution in [0, 0.1) is 13.8 Å². The Bertz CT molecular complexity index is 863. The van der Waals surface area contributed by atoms with Gasteiger partial charge in [0.15, 0.2) is 0 Å². The fraction of sp³-hybridized carbons (Fsp3) is 0.333. The summed E-state index contributed by atoms with van der Waals surface area (Å²) in [5.41, 5.74) is 7.35. The Hall–Kier alpha value is -2.36. The molecule has 3 aromatic rings. The summed E-state index contributed by atoms with van der Waals surface area (Å²) >= 11 is 0. The van der Waals surface area contributed by atoms with Crippen LogP contribution in [0.5, 0.6) is 0 Å². The minimum atomic E-state index is 0.933. The Morgan fingerprint density at radius 3 is 2.82 bits per heavy atom. The lowest BCUT2D eigenvalue weighted by Crippen LogP contribution is -2.31. The number of fused-ring (bicyclic) bond motifs is 2. The summed E-state index contributed by atoms with van der Waals surface area (Å²) in [7, 11) is 2.05. The second-order valence-electron chi connectivity index (χ2n) is 6.11. The van der Waals surface area contributed by atoms with E-state index in [1.807, 2.05) is 11.7 Å². The van der Waals surface area contributed by atoms with E-state index in [1.54, 1.807) is 0 Å². The molecule has 0 atom stereocenters. The number of anilines is 1. The highest BCUT2D eigenvalue weighted by Gasteiger charge is 2.23. The maximum absolute atomic E-state index is 4.65. The summed E-state index contributed by atoms with van der Waals surface area (Å²) < 4.78 is 2.04. The highest BCUT2D eigenvalue weighted by Crippen LogP contribution is 2.31. The smallest absolute Gasteiger partial charge is 0.0726 e. The number of rotatable bonds is 1. The third-order valence-corrected chi connectivity index (χ3v) is 4.61. The van der Waals surface area contributed by atoms with Crippen molar-refractivity contribution in [1.82, 2.24) is 14.8 Å². The van der Waals surface area contributed by atoms with Gasteiger partial charge in [0, 0.05) is 54.6 Å². The molecule has 0 saturated heterocycles. The molecule has 3 heterocycles. The fourth-order valence-corrected chi connectivity index (χ4v) is 3.53. The molecule has 22 heavy (non-hydrogen) atoms. The van der Waals surface area contributed by atoms with Gasteiger partial charge in [-0.25, -0.2) is 0 Å². The van der Waals surface area contributed by atoms with Gasteiger partial charge in [0.05, 0.1) is 11.2 Å². The molecule has 1 aliphatic rings. The molecule has 0 bridgehead atoms. The monoisotopic (exact) mass is 292 g/mol. The molecule has 0 N–H and O–H groups in total. The minimum Gasteiger partial charge on any atom is -0.366 e. The first-order chi connectivity index (χ1) is 10.6. The van der Waals surface area contributed by atoms with Crippen LogP contribution in [0.25, 0.3) is 10.9 Å². The molecule has 4 heteroatoms. The zero-order valence-electron chi connectivity index (χ0n) is 13.3. The number of para-hydroxylation sites is 1. The van der Waals surface area contributed by atoms with Crippen LogP contribution in [-0.4, -0.2) is 21.3 Å². The lowest BCUT2D eigenvalue weighted by molar-refractivity contribution is 0.656. The number of benzene rings is 1. The first-order valence-corrected chi connectivity index (χ1v) is 7.76. The Morgan fingerprint density at radius 2 is 1.95 bits per heavy atom. The first kappa shape index (κ1) is 13.3. The van der Waals surface area contributed by atoms with Crippen LogP contribution in [0.4, 0.5) is 5.69 Å². The third-order valence-electron chi connectivity index (χ3n) is 4.61. The molecule has 1 aromatic carbocycles. The Morgan fingerprint density at radius 1 is 1.14 bits per heavy atom. The standard InChI is InChI=1S/C18H20N4/c1-12-10-18(14-6-4-5-7-16(14)19-12)22-9-8-17-15(11-22)13(2)20-21(17)3/h4-7,10H,8-9,11H2,1-3H3. The molecule has 1 aliphatic heterocycles. The van der Waals surface area contributed by atoms with E-state index >= 15 is 0 Å². The van der Waals surface area contributed by atoms with Gasteiger partial charge in [-0.2, -0.15) is 5.10 Å². The maximum atomic E-state index is 4.65. The van der Waals surface area contributed by atoms with Crippen molar-refractivity contribution >= 4 is 16.6 Å². The largest absolute Gasteiger partial charge is 0.366 e. The van der Waals surface area contributed by atoms with Crippen molar-refractivity contribution in [3.8, 4) is 0 Å². The van der Waals surface area contributed by atoms with Crippen molar-refractivity contribution in [1.29, 1.82) is 0 Å². The zero-order chi connectivity index (χ0) is 15.3. The predicted octanol–water partition coefficient (Wildman–Crippen LogP) is 3.15. The van der Waals surface area contributed by atoms with Gasteiger partial charge in [0.2, 0.25) is 0 Å². The second kappa shape index (κ2) is 4.83. The van der Waals surface area contributed by atoms with Crippen LogP contribution < -0.4 is 4.90 Å². The summed E-state index contributed by atoms with van der Waals surface area (Å²) in [6.45, 7) is 6.14. The minimum absolute atomic E-state index is 0.933. The van der Waals surface area contributed by atoms with Crippen LogP contribution in [0.15, 0.2) is 30.3 Å². The molecule has 0 fully saturated rings. The molecule has 0 aliphatic carbocycles. The van der Waals surface area contributed by atoms with Gasteiger partial charge in [-0.05, 0) is 26.0 Å². The number of pyridine rings is 1. The van der Waals surface area contributed by atoms with Gasteiger partial charge < -0.3 is 4.90 Å². The van der Waals surface area contributed by atoms with Gasteiger partial charge in [0.25, 0.3) is 0 Å². The summed E-state index contributed by atoms with van der Waals surface area (Å²) in [4.78, 5) is 7.12. The van der Waals surface area contributed by atoms with Crippen LogP contribution in [0.3, 0.4) is 0 Å². The number of hydrogen-bond donors (Lipinski definition) is 0. The third kappa shape index (κ3) is 1.98. The number of nitrogens with zero attached hydrogens (tertiary/aromatic N) is 4. The number of aromatic nitrogens is 3. The summed E-state index contributed by atoms with van der Waals surface area (Å²) in [5, 5.41) is 5.81. The highest BCUT2D eigenvalue weighted by atomic mass is 15.3. The summed E-state index contributed by atoms with van der Waals surface area (Å²) in [5.74, 6) is 0. The van der Waals surface area contributed by atoms with Gasteiger partial charge in [0.1, 0.15) is 0 Å². The van der Waals surface area contributed by atoms with E-state index in [0.717, 1.165) is 36.4 Å². The molecular formula is C18H20N4. The quantitative estimate of drug-likeness (QED) is 0.691. The fourth-order valence-electron chi connectivity index (χ4n) is 3.53. The number of aryl methyl sites for hydroxylation is 3. The first-order valence-electron chi connectivity index (χ1n) is 7.76. The molecule has 0 radical (unpaired) electrons. The van der Waals surface area contributed by atoms with Crippen molar-refractivity contribution < 1.29 is 0 Å². The molecule has 4 nitrogen and oxygen atoms in total. The lowest BCUT2D eigenvalue weighted by atomic mass is 10.0. The van der Waals surface area contributed by atoms with Crippen molar-refractivity contribution in [2.75, 3.05) is 11.4 Å². The van der Waals surface area contributed by atoms with E-state index < -0.39 is 0 Å². The van der Waals surface area contributed by atoms with Crippen molar-refractivity contribution in [3.05, 3.63) is 53.0 Å². The van der Waals surface area contributed by atoms with Crippen molar-refractivity contribution in [3.63, 3.8) is 0 Å². The molecule has 0 saturated carbocycles.